The van der Waals surface area contributed by atoms with Gasteiger partial charge in [-0.25, -0.2) is 9.97 Å². The maximum absolute atomic E-state index is 6.09. The monoisotopic (exact) mass is 461 g/mol. The van der Waals surface area contributed by atoms with Crippen LogP contribution in [0.5, 0.6) is 0 Å². The molecule has 0 aliphatic heterocycles. The van der Waals surface area contributed by atoms with Crippen molar-refractivity contribution < 1.29 is 8.92 Å². The number of aromatic nitrogens is 3. The van der Waals surface area contributed by atoms with Gasteiger partial charge < -0.3 is 8.92 Å². The van der Waals surface area contributed by atoms with E-state index >= 15 is 0 Å². The van der Waals surface area contributed by atoms with Crippen molar-refractivity contribution in [1.82, 2.24) is 15.0 Å². The topological polar surface area (TPSA) is 57.1 Å². The highest BCUT2D eigenvalue weighted by molar-refractivity contribution is 7.80. The van der Waals surface area contributed by atoms with Crippen LogP contribution in [0.4, 0.5) is 0 Å². The Hall–Kier alpha value is -2.71. The van der Waals surface area contributed by atoms with E-state index < -0.39 is 6.10 Å². The van der Waals surface area contributed by atoms with E-state index in [0.717, 1.165) is 28.3 Å². The number of pyridine rings is 3. The van der Waals surface area contributed by atoms with Gasteiger partial charge in [-0.15, -0.1) is 12.6 Å². The zero-order chi connectivity index (χ0) is 22.3. The third-order valence-corrected chi connectivity index (χ3v) is 5.17. The van der Waals surface area contributed by atoms with E-state index in [1.807, 2.05) is 91.9 Å². The summed E-state index contributed by atoms with van der Waals surface area (Å²) in [6.07, 6.45) is 0.887. The molecule has 0 N–H and O–H groups in total. The van der Waals surface area contributed by atoms with Crippen LogP contribution in [0.25, 0.3) is 11.4 Å². The Labute approximate surface area is 198 Å². The molecule has 5 nitrogen and oxygen atoms in total. The van der Waals surface area contributed by atoms with Crippen LogP contribution in [-0.4, -0.2) is 20.4 Å². The first-order chi connectivity index (χ1) is 15.7. The molecule has 0 saturated carbocycles. The normalized spacial score (nSPS) is 14.0. The quantitative estimate of drug-likeness (QED) is 0.195. The number of ether oxygens (including phenoxy) is 1. The van der Waals surface area contributed by atoms with Gasteiger partial charge in [-0.3, -0.25) is 4.98 Å². The van der Waals surface area contributed by atoms with E-state index in [2.05, 4.69) is 30.5 Å². The fourth-order valence-corrected chi connectivity index (χ4v) is 3.75. The molecular formula is C25H23N3O2S2. The van der Waals surface area contributed by atoms with E-state index in [0.29, 0.717) is 5.69 Å². The van der Waals surface area contributed by atoms with Crippen LogP contribution in [0.2, 0.25) is 0 Å². The number of rotatable bonds is 8. The molecule has 0 amide bonds. The van der Waals surface area contributed by atoms with Crippen molar-refractivity contribution in [2.24, 2.45) is 0 Å². The molecule has 4 aromatic rings. The standard InChI is InChI=1S/C25H23N3O2S2/c1-17(31)29-24(18-9-3-2-4-10-18)22-14-7-12-19(27-22)20-13-8-15-23(28-20)25(30-32)21-11-5-6-16-26-21/h2-17,24-25,31-32H,1H3. The molecule has 4 rings (SSSR count). The highest BCUT2D eigenvalue weighted by atomic mass is 32.1. The van der Waals surface area contributed by atoms with Crippen LogP contribution >= 0.6 is 25.5 Å². The van der Waals surface area contributed by atoms with Crippen LogP contribution in [0.1, 0.15) is 41.8 Å². The number of thiol groups is 2. The van der Waals surface area contributed by atoms with Gasteiger partial charge in [0.1, 0.15) is 6.10 Å². The van der Waals surface area contributed by atoms with Gasteiger partial charge in [0, 0.05) is 6.20 Å². The van der Waals surface area contributed by atoms with Gasteiger partial charge in [0.2, 0.25) is 0 Å². The smallest absolute Gasteiger partial charge is 0.155 e. The zero-order valence-electron chi connectivity index (χ0n) is 17.4. The molecule has 32 heavy (non-hydrogen) atoms. The number of benzene rings is 1. The van der Waals surface area contributed by atoms with Gasteiger partial charge in [-0.2, -0.15) is 0 Å². The van der Waals surface area contributed by atoms with Crippen molar-refractivity contribution in [3.63, 3.8) is 0 Å². The van der Waals surface area contributed by atoms with Crippen molar-refractivity contribution in [2.75, 3.05) is 0 Å². The lowest BCUT2D eigenvalue weighted by Gasteiger charge is -2.20. The van der Waals surface area contributed by atoms with Gasteiger partial charge in [0.05, 0.1) is 33.9 Å². The largest absolute Gasteiger partial charge is 0.354 e. The molecule has 3 heterocycles. The van der Waals surface area contributed by atoms with Crippen molar-refractivity contribution in [1.29, 1.82) is 0 Å². The summed E-state index contributed by atoms with van der Waals surface area (Å²) in [5.41, 5.74) is 4.43. The first-order valence-corrected chi connectivity index (χ1v) is 11.1. The summed E-state index contributed by atoms with van der Waals surface area (Å²) in [4.78, 5) is 14.0. The second-order valence-corrected chi connectivity index (χ2v) is 8.10. The summed E-state index contributed by atoms with van der Waals surface area (Å²) in [5.74, 6) is 0. The summed E-state index contributed by atoms with van der Waals surface area (Å²) < 4.78 is 11.5. The molecule has 0 saturated heterocycles. The minimum Gasteiger partial charge on any atom is -0.354 e. The van der Waals surface area contributed by atoms with Crippen LogP contribution in [-0.2, 0) is 8.92 Å². The predicted molar refractivity (Wildman–Crippen MR) is 131 cm³/mol. The number of hydrogen-bond acceptors (Lipinski definition) is 7. The lowest BCUT2D eigenvalue weighted by molar-refractivity contribution is 0.0686. The third kappa shape index (κ3) is 5.37. The number of nitrogens with zero attached hydrogens (tertiary/aromatic N) is 3. The summed E-state index contributed by atoms with van der Waals surface area (Å²) in [6.45, 7) is 1.89. The highest BCUT2D eigenvalue weighted by Crippen LogP contribution is 2.30. The molecular weight excluding hydrogens is 438 g/mol. The van der Waals surface area contributed by atoms with Crippen LogP contribution in [0.3, 0.4) is 0 Å². The van der Waals surface area contributed by atoms with E-state index in [-0.39, 0.29) is 11.5 Å². The summed E-state index contributed by atoms with van der Waals surface area (Å²) in [5, 5.41) is 0. The third-order valence-electron chi connectivity index (χ3n) is 4.84. The molecule has 0 fully saturated rings. The summed E-state index contributed by atoms with van der Waals surface area (Å²) >= 11 is 8.48. The molecule has 3 unspecified atom stereocenters. The second-order valence-electron chi connectivity index (χ2n) is 7.16. The molecule has 1 aromatic carbocycles. The molecule has 0 aliphatic carbocycles. The van der Waals surface area contributed by atoms with Crippen molar-refractivity contribution in [3.05, 3.63) is 114 Å². The predicted octanol–water partition coefficient (Wildman–Crippen LogP) is 5.87. The zero-order valence-corrected chi connectivity index (χ0v) is 19.2. The Morgan fingerprint density at radius 3 is 1.84 bits per heavy atom. The Kier molecular flexibility index (Phi) is 7.55. The average molecular weight is 462 g/mol. The molecule has 0 aliphatic rings. The molecule has 0 radical (unpaired) electrons. The van der Waals surface area contributed by atoms with Gasteiger partial charge in [0.25, 0.3) is 0 Å². The fraction of sp³-hybridized carbons (Fsp3) is 0.160. The lowest BCUT2D eigenvalue weighted by Crippen LogP contribution is -2.12. The van der Waals surface area contributed by atoms with E-state index in [9.17, 15) is 0 Å². The van der Waals surface area contributed by atoms with Gasteiger partial charge in [0.15, 0.2) is 6.10 Å². The fourth-order valence-electron chi connectivity index (χ4n) is 3.41. The molecule has 0 spiro atoms. The molecule has 162 valence electrons. The second kappa shape index (κ2) is 10.7. The summed E-state index contributed by atoms with van der Waals surface area (Å²) in [6, 6.07) is 27.2. The van der Waals surface area contributed by atoms with Gasteiger partial charge in [-0.05, 0) is 61.8 Å². The Morgan fingerprint density at radius 2 is 1.28 bits per heavy atom. The van der Waals surface area contributed by atoms with E-state index in [4.69, 9.17) is 18.9 Å². The highest BCUT2D eigenvalue weighted by Gasteiger charge is 2.20. The van der Waals surface area contributed by atoms with Crippen LogP contribution in [0, 0.1) is 0 Å². The van der Waals surface area contributed by atoms with Crippen molar-refractivity contribution in [2.45, 2.75) is 24.6 Å². The SMILES string of the molecule is CC(S)OC(c1ccccc1)c1cccc(-c2cccc(C(OS)c3ccccn3)n2)n1. The van der Waals surface area contributed by atoms with E-state index in [1.165, 1.54) is 0 Å². The first kappa shape index (κ1) is 22.5. The first-order valence-electron chi connectivity index (χ1n) is 10.2. The van der Waals surface area contributed by atoms with Gasteiger partial charge in [-0.1, -0.05) is 48.5 Å². The maximum atomic E-state index is 6.09. The average Bonchev–Trinajstić information content (AvgIpc) is 2.84. The molecule has 3 aromatic heterocycles. The molecule has 3 atom stereocenters. The Bertz CT molecular complexity index is 1140. The Morgan fingerprint density at radius 1 is 0.688 bits per heavy atom. The molecule has 7 heteroatoms. The Balaban J connectivity index is 1.69. The molecule has 0 bridgehead atoms. The van der Waals surface area contributed by atoms with Crippen molar-refractivity contribution >= 4 is 25.5 Å². The van der Waals surface area contributed by atoms with E-state index in [1.54, 1.807) is 6.20 Å². The minimum atomic E-state index is -0.493. The summed E-state index contributed by atoms with van der Waals surface area (Å²) in [7, 11) is 0. The maximum Gasteiger partial charge on any atom is 0.155 e. The lowest BCUT2D eigenvalue weighted by atomic mass is 10.0. The van der Waals surface area contributed by atoms with Gasteiger partial charge >= 0.3 is 0 Å². The minimum absolute atomic E-state index is 0.251. The number of hydrogen-bond donors (Lipinski definition) is 2. The van der Waals surface area contributed by atoms with Crippen LogP contribution in [0.15, 0.2) is 91.1 Å². The van der Waals surface area contributed by atoms with Crippen LogP contribution < -0.4 is 0 Å². The van der Waals surface area contributed by atoms with Crippen molar-refractivity contribution in [3.8, 4) is 11.4 Å².